The van der Waals surface area contributed by atoms with Crippen molar-refractivity contribution in [3.8, 4) is 0 Å². The van der Waals surface area contributed by atoms with Crippen molar-refractivity contribution < 1.29 is 80.2 Å². The fourth-order valence-electron chi connectivity index (χ4n) is 12.4. The van der Waals surface area contributed by atoms with E-state index in [4.69, 9.17) is 37.0 Å². The number of aliphatic hydroxyl groups is 1. The molecule has 0 aromatic rings. The fourth-order valence-corrected chi connectivity index (χ4v) is 14.0. The molecular formula is C80H156O17P2. The molecule has 19 heteroatoms. The molecule has 588 valence electrons. The lowest BCUT2D eigenvalue weighted by atomic mass is 10.0. The van der Waals surface area contributed by atoms with Gasteiger partial charge in [-0.05, 0) is 31.6 Å². The molecule has 0 amide bonds. The minimum absolute atomic E-state index is 0.108. The average molecular weight is 1450 g/mol. The zero-order valence-electron chi connectivity index (χ0n) is 64.6. The van der Waals surface area contributed by atoms with Gasteiger partial charge in [-0.3, -0.25) is 37.3 Å². The van der Waals surface area contributed by atoms with Gasteiger partial charge in [-0.25, -0.2) is 9.13 Å². The van der Waals surface area contributed by atoms with Gasteiger partial charge in [0, 0.05) is 25.7 Å². The Kier molecular flexibility index (Phi) is 71.6. The van der Waals surface area contributed by atoms with Crippen molar-refractivity contribution in [3.63, 3.8) is 0 Å². The molecule has 0 aliphatic rings. The smallest absolute Gasteiger partial charge is 0.462 e. The lowest BCUT2D eigenvalue weighted by Gasteiger charge is -2.21. The van der Waals surface area contributed by atoms with E-state index in [-0.39, 0.29) is 25.7 Å². The molecule has 0 saturated carbocycles. The maximum atomic E-state index is 13.1. The van der Waals surface area contributed by atoms with Crippen LogP contribution in [0.15, 0.2) is 0 Å². The van der Waals surface area contributed by atoms with Crippen molar-refractivity contribution in [1.29, 1.82) is 0 Å². The summed E-state index contributed by atoms with van der Waals surface area (Å²) < 4.78 is 68.7. The summed E-state index contributed by atoms with van der Waals surface area (Å²) in [6.45, 7) is 7.34. The van der Waals surface area contributed by atoms with E-state index in [9.17, 15) is 43.2 Å². The Balaban J connectivity index is 5.22. The molecule has 5 atom stereocenters. The lowest BCUT2D eigenvalue weighted by Crippen LogP contribution is -2.30. The van der Waals surface area contributed by atoms with Gasteiger partial charge in [-0.15, -0.1) is 0 Å². The molecule has 0 spiro atoms. The summed E-state index contributed by atoms with van der Waals surface area (Å²) in [7, 11) is -9.91. The summed E-state index contributed by atoms with van der Waals surface area (Å²) >= 11 is 0. The van der Waals surface area contributed by atoms with Gasteiger partial charge in [-0.1, -0.05) is 375 Å². The highest BCUT2D eigenvalue weighted by molar-refractivity contribution is 7.47. The van der Waals surface area contributed by atoms with E-state index >= 15 is 0 Å². The highest BCUT2D eigenvalue weighted by atomic mass is 31.2. The standard InChI is InChI=1S/C80H156O17P2/c1-6-9-12-15-18-21-24-25-26-27-28-29-32-36-41-46-51-56-61-66-80(85)97-76(70-91-78(83)64-59-54-49-44-40-35-33-30-31-34-39-42-47-52-57-62-73(4)5)72-95-99(88,89)93-68-74(81)67-92-98(86,87)94-71-75(96-79(84)65-60-55-50-45-38-23-20-17-14-11-8-3)69-90-77(82)63-58-53-48-43-37-22-19-16-13-10-7-2/h73-76,81H,6-72H2,1-5H3,(H,86,87)(H,88,89)/t74-,75+,76+/m0/s1. The SMILES string of the molecule is CCCCCCCCCCCCCCCCCCCCCC(=O)O[C@H](COC(=O)CCCCCCCCCCCCCCCCCC(C)C)COP(=O)(O)OC[C@@H](O)COP(=O)(O)OC[C@@H](COC(=O)CCCCCCCCCCCCC)OC(=O)CCCCCCCCCCCCC. The van der Waals surface area contributed by atoms with Crippen LogP contribution in [0.4, 0.5) is 0 Å². The second-order valence-corrected chi connectivity index (χ2v) is 32.2. The normalized spacial score (nSPS) is 13.9. The zero-order chi connectivity index (χ0) is 72.7. The maximum absolute atomic E-state index is 13.1. The van der Waals surface area contributed by atoms with Gasteiger partial charge in [0.2, 0.25) is 0 Å². The molecule has 0 aliphatic heterocycles. The molecule has 0 aliphatic carbocycles. The number of hydrogen-bond donors (Lipinski definition) is 3. The monoisotopic (exact) mass is 1450 g/mol. The molecule has 0 heterocycles. The summed E-state index contributed by atoms with van der Waals surface area (Å²) in [4.78, 5) is 72.9. The number of rotatable bonds is 80. The third-order valence-electron chi connectivity index (χ3n) is 18.8. The Bertz CT molecular complexity index is 1890. The van der Waals surface area contributed by atoms with Crippen molar-refractivity contribution >= 4 is 39.5 Å². The van der Waals surface area contributed by atoms with Crippen molar-refractivity contribution in [2.24, 2.45) is 5.92 Å². The first-order valence-electron chi connectivity index (χ1n) is 41.6. The van der Waals surface area contributed by atoms with E-state index in [0.717, 1.165) is 95.8 Å². The van der Waals surface area contributed by atoms with Crippen molar-refractivity contribution in [2.75, 3.05) is 39.6 Å². The molecule has 0 aromatic heterocycles. The number of ether oxygens (including phenoxy) is 4. The van der Waals surface area contributed by atoms with Crippen LogP contribution in [-0.4, -0.2) is 96.7 Å². The Morgan fingerprint density at radius 1 is 0.273 bits per heavy atom. The minimum Gasteiger partial charge on any atom is -0.462 e. The molecule has 0 bridgehead atoms. The van der Waals surface area contributed by atoms with Gasteiger partial charge in [-0.2, -0.15) is 0 Å². The summed E-state index contributed by atoms with van der Waals surface area (Å²) in [5.41, 5.74) is 0. The van der Waals surface area contributed by atoms with E-state index < -0.39 is 97.5 Å². The summed E-state index contributed by atoms with van der Waals surface area (Å²) in [6, 6.07) is 0. The van der Waals surface area contributed by atoms with E-state index in [1.165, 1.54) is 250 Å². The fraction of sp³-hybridized carbons (Fsp3) is 0.950. The summed E-state index contributed by atoms with van der Waals surface area (Å²) in [5.74, 6) is -1.30. The van der Waals surface area contributed by atoms with Crippen LogP contribution in [-0.2, 0) is 65.4 Å². The third kappa shape index (κ3) is 74.1. The van der Waals surface area contributed by atoms with Crippen LogP contribution < -0.4 is 0 Å². The summed E-state index contributed by atoms with van der Waals surface area (Å²) in [5, 5.41) is 10.6. The molecule has 0 fully saturated rings. The van der Waals surface area contributed by atoms with Crippen LogP contribution in [0, 0.1) is 5.92 Å². The topological polar surface area (TPSA) is 237 Å². The number of aliphatic hydroxyl groups excluding tert-OH is 1. The molecule has 99 heavy (non-hydrogen) atoms. The minimum atomic E-state index is -4.96. The number of phosphoric ester groups is 2. The van der Waals surface area contributed by atoms with E-state index in [1.807, 2.05) is 0 Å². The molecule has 0 aromatic carbocycles. The van der Waals surface area contributed by atoms with E-state index in [1.54, 1.807) is 0 Å². The number of carbonyl (C=O) groups is 4. The van der Waals surface area contributed by atoms with Crippen LogP contribution >= 0.6 is 15.6 Å². The van der Waals surface area contributed by atoms with Crippen molar-refractivity contribution in [3.05, 3.63) is 0 Å². The number of phosphoric acid groups is 2. The van der Waals surface area contributed by atoms with Crippen LogP contribution in [0.5, 0.6) is 0 Å². The largest absolute Gasteiger partial charge is 0.472 e. The summed E-state index contributed by atoms with van der Waals surface area (Å²) in [6.07, 6.45) is 63.8. The highest BCUT2D eigenvalue weighted by Gasteiger charge is 2.30. The lowest BCUT2D eigenvalue weighted by molar-refractivity contribution is -0.161. The van der Waals surface area contributed by atoms with Gasteiger partial charge in [0.25, 0.3) is 0 Å². The maximum Gasteiger partial charge on any atom is 0.472 e. The Morgan fingerprint density at radius 3 is 0.687 bits per heavy atom. The predicted octanol–water partition coefficient (Wildman–Crippen LogP) is 24.0. The Hall–Kier alpha value is -1.94. The average Bonchev–Trinajstić information content (AvgIpc) is 1.32. The molecule has 0 radical (unpaired) electrons. The Morgan fingerprint density at radius 2 is 0.465 bits per heavy atom. The van der Waals surface area contributed by atoms with Crippen LogP contribution in [0.25, 0.3) is 0 Å². The quantitative estimate of drug-likeness (QED) is 0.0222. The van der Waals surface area contributed by atoms with Crippen LogP contribution in [0.3, 0.4) is 0 Å². The molecule has 3 N–H and O–H groups in total. The van der Waals surface area contributed by atoms with Crippen molar-refractivity contribution in [1.82, 2.24) is 0 Å². The van der Waals surface area contributed by atoms with E-state index in [2.05, 4.69) is 34.6 Å². The first-order chi connectivity index (χ1) is 48.0. The second-order valence-electron chi connectivity index (χ2n) is 29.3. The third-order valence-corrected chi connectivity index (χ3v) is 20.7. The zero-order valence-corrected chi connectivity index (χ0v) is 66.4. The van der Waals surface area contributed by atoms with Crippen LogP contribution in [0.2, 0.25) is 0 Å². The molecule has 17 nitrogen and oxygen atoms in total. The Labute approximate surface area is 607 Å². The first-order valence-corrected chi connectivity index (χ1v) is 44.6. The predicted molar refractivity (Wildman–Crippen MR) is 405 cm³/mol. The van der Waals surface area contributed by atoms with Crippen molar-refractivity contribution in [2.45, 2.75) is 445 Å². The number of unbranched alkanes of at least 4 members (excludes halogenated alkanes) is 52. The molecule has 0 rings (SSSR count). The molecular weight excluding hydrogens is 1290 g/mol. The number of carbonyl (C=O) groups excluding carboxylic acids is 4. The molecule has 2 unspecified atom stereocenters. The highest BCUT2D eigenvalue weighted by Crippen LogP contribution is 2.45. The first kappa shape index (κ1) is 97.1. The number of esters is 4. The van der Waals surface area contributed by atoms with E-state index in [0.29, 0.717) is 25.7 Å². The van der Waals surface area contributed by atoms with Gasteiger partial charge in [0.1, 0.15) is 19.3 Å². The number of hydrogen-bond acceptors (Lipinski definition) is 15. The van der Waals surface area contributed by atoms with Gasteiger partial charge < -0.3 is 33.8 Å². The second kappa shape index (κ2) is 73.0. The van der Waals surface area contributed by atoms with Gasteiger partial charge in [0.05, 0.1) is 26.4 Å². The van der Waals surface area contributed by atoms with Gasteiger partial charge >= 0.3 is 39.5 Å². The van der Waals surface area contributed by atoms with Crippen LogP contribution in [0.1, 0.15) is 426 Å². The van der Waals surface area contributed by atoms with Gasteiger partial charge in [0.15, 0.2) is 12.2 Å². The molecule has 0 saturated heterocycles.